The van der Waals surface area contributed by atoms with Gasteiger partial charge in [0.25, 0.3) is 0 Å². The number of likely N-dealkylation sites (N-methyl/N-ethyl adjacent to an activating group) is 1. The molecule has 0 radical (unpaired) electrons. The van der Waals surface area contributed by atoms with Gasteiger partial charge in [0.15, 0.2) is 0 Å². The molecule has 1 spiro atoms. The fraction of sp³-hybridized carbons (Fsp3) is 1.00. The normalized spacial score (nSPS) is 38.5. The quantitative estimate of drug-likeness (QED) is 0.870. The number of hydrogen-bond acceptors (Lipinski definition) is 3. The molecule has 4 nitrogen and oxygen atoms in total. The zero-order chi connectivity index (χ0) is 15.2. The van der Waals surface area contributed by atoms with E-state index in [4.69, 9.17) is 5.73 Å². The summed E-state index contributed by atoms with van der Waals surface area (Å²) in [6.45, 7) is 9.39. The lowest BCUT2D eigenvalue weighted by molar-refractivity contribution is 0.0574. The van der Waals surface area contributed by atoms with Crippen LogP contribution in [0, 0.1) is 11.3 Å². The molecule has 0 aromatic carbocycles. The van der Waals surface area contributed by atoms with E-state index in [1.165, 1.54) is 6.42 Å². The van der Waals surface area contributed by atoms with Gasteiger partial charge in [-0.3, -0.25) is 0 Å². The summed E-state index contributed by atoms with van der Waals surface area (Å²) >= 11 is 0. The summed E-state index contributed by atoms with van der Waals surface area (Å²) in [5, 5.41) is 0. The average Bonchev–Trinajstić information content (AvgIpc) is 2.56. The van der Waals surface area contributed by atoms with Gasteiger partial charge in [-0.25, -0.2) is 8.42 Å². The number of rotatable bonds is 3. The fourth-order valence-electron chi connectivity index (χ4n) is 4.25. The van der Waals surface area contributed by atoms with E-state index in [9.17, 15) is 8.42 Å². The Hall–Kier alpha value is -0.130. The van der Waals surface area contributed by atoms with Crippen LogP contribution in [-0.2, 0) is 10.0 Å². The standard InChI is InChI=1S/C15H30N2O2S/c1-5-14(3,4)12-7-9-15(10-8-12)13(16)11-20(18,19)17(15)6-2/h12-13H,5-11,16H2,1-4H3. The minimum atomic E-state index is -3.14. The van der Waals surface area contributed by atoms with Crippen molar-refractivity contribution in [3.63, 3.8) is 0 Å². The van der Waals surface area contributed by atoms with Crippen molar-refractivity contribution in [1.29, 1.82) is 0 Å². The minimum absolute atomic E-state index is 0.128. The maximum absolute atomic E-state index is 12.3. The first-order valence-electron chi connectivity index (χ1n) is 7.95. The average molecular weight is 302 g/mol. The second-order valence-electron chi connectivity index (χ2n) is 7.27. The first-order chi connectivity index (χ1) is 9.19. The molecule has 1 aliphatic carbocycles. The summed E-state index contributed by atoms with van der Waals surface area (Å²) in [6.07, 6.45) is 5.22. The zero-order valence-electron chi connectivity index (χ0n) is 13.4. The maximum Gasteiger partial charge on any atom is 0.216 e. The second-order valence-corrected chi connectivity index (χ2v) is 9.21. The number of nitrogens with zero attached hydrogens (tertiary/aromatic N) is 1. The van der Waals surface area contributed by atoms with Crippen LogP contribution in [0.5, 0.6) is 0 Å². The van der Waals surface area contributed by atoms with Crippen molar-refractivity contribution in [2.45, 2.75) is 71.4 Å². The topological polar surface area (TPSA) is 63.4 Å². The molecule has 118 valence electrons. The Morgan fingerprint density at radius 3 is 2.25 bits per heavy atom. The Morgan fingerprint density at radius 1 is 1.25 bits per heavy atom. The lowest BCUT2D eigenvalue weighted by atomic mass is 9.64. The Kier molecular flexibility index (Phi) is 4.27. The van der Waals surface area contributed by atoms with Gasteiger partial charge in [0.2, 0.25) is 10.0 Å². The molecule has 1 unspecified atom stereocenters. The SMILES string of the molecule is CCN1C2(CCC(C(C)(C)CC)CC2)C(N)CS1(=O)=O. The van der Waals surface area contributed by atoms with Crippen LogP contribution in [0.25, 0.3) is 0 Å². The maximum atomic E-state index is 12.3. The Bertz CT molecular complexity index is 450. The molecule has 2 N–H and O–H groups in total. The third-order valence-corrected chi connectivity index (χ3v) is 8.14. The summed E-state index contributed by atoms with van der Waals surface area (Å²) in [5.41, 5.74) is 6.30. The molecular formula is C15H30N2O2S. The number of hydrogen-bond donors (Lipinski definition) is 1. The summed E-state index contributed by atoms with van der Waals surface area (Å²) in [4.78, 5) is 0. The highest BCUT2D eigenvalue weighted by Gasteiger charge is 2.56. The molecule has 0 amide bonds. The molecular weight excluding hydrogens is 272 g/mol. The molecule has 1 aliphatic heterocycles. The summed E-state index contributed by atoms with van der Waals surface area (Å²) in [5.74, 6) is 0.815. The van der Waals surface area contributed by atoms with Crippen LogP contribution < -0.4 is 5.73 Å². The third kappa shape index (κ3) is 2.42. The molecule has 0 bridgehead atoms. The van der Waals surface area contributed by atoms with E-state index in [2.05, 4.69) is 20.8 Å². The third-order valence-electron chi connectivity index (χ3n) is 6.07. The zero-order valence-corrected chi connectivity index (χ0v) is 14.2. The first kappa shape index (κ1) is 16.2. The van der Waals surface area contributed by atoms with Crippen LogP contribution in [0.2, 0.25) is 0 Å². The van der Waals surface area contributed by atoms with Crippen LogP contribution in [0.15, 0.2) is 0 Å². The highest BCUT2D eigenvalue weighted by atomic mass is 32.2. The van der Waals surface area contributed by atoms with E-state index in [0.29, 0.717) is 17.9 Å². The van der Waals surface area contributed by atoms with Crippen LogP contribution >= 0.6 is 0 Å². The largest absolute Gasteiger partial charge is 0.325 e. The Morgan fingerprint density at radius 2 is 1.80 bits per heavy atom. The highest BCUT2D eigenvalue weighted by Crippen LogP contribution is 2.49. The molecule has 1 saturated carbocycles. The van der Waals surface area contributed by atoms with Crippen molar-refractivity contribution in [2.75, 3.05) is 12.3 Å². The van der Waals surface area contributed by atoms with E-state index in [1.807, 2.05) is 6.92 Å². The van der Waals surface area contributed by atoms with Gasteiger partial charge >= 0.3 is 0 Å². The van der Waals surface area contributed by atoms with Crippen molar-refractivity contribution in [1.82, 2.24) is 4.31 Å². The number of sulfonamides is 1. The molecule has 20 heavy (non-hydrogen) atoms. The lowest BCUT2D eigenvalue weighted by Gasteiger charge is -2.47. The van der Waals surface area contributed by atoms with Crippen LogP contribution in [-0.4, -0.2) is 36.6 Å². The molecule has 1 heterocycles. The van der Waals surface area contributed by atoms with Crippen LogP contribution in [0.1, 0.15) is 59.8 Å². The van der Waals surface area contributed by atoms with E-state index in [0.717, 1.165) is 25.7 Å². The minimum Gasteiger partial charge on any atom is -0.325 e. The first-order valence-corrected chi connectivity index (χ1v) is 9.56. The number of nitrogens with two attached hydrogens (primary N) is 1. The van der Waals surface area contributed by atoms with Gasteiger partial charge in [0.1, 0.15) is 0 Å². The summed E-state index contributed by atoms with van der Waals surface area (Å²) < 4.78 is 26.2. The van der Waals surface area contributed by atoms with E-state index < -0.39 is 10.0 Å². The molecule has 2 fully saturated rings. The van der Waals surface area contributed by atoms with Crippen LogP contribution in [0.4, 0.5) is 0 Å². The van der Waals surface area contributed by atoms with Crippen molar-refractivity contribution >= 4 is 10.0 Å². The highest BCUT2D eigenvalue weighted by molar-refractivity contribution is 7.89. The van der Waals surface area contributed by atoms with E-state index in [1.54, 1.807) is 4.31 Å². The van der Waals surface area contributed by atoms with E-state index in [-0.39, 0.29) is 17.3 Å². The molecule has 0 aromatic heterocycles. The van der Waals surface area contributed by atoms with Gasteiger partial charge in [0.05, 0.1) is 11.3 Å². The Labute approximate surface area is 124 Å². The molecule has 1 saturated heterocycles. The molecule has 2 aliphatic rings. The van der Waals surface area contributed by atoms with Gasteiger partial charge in [-0.05, 0) is 37.0 Å². The fourth-order valence-corrected chi connectivity index (χ4v) is 6.46. The van der Waals surface area contributed by atoms with Crippen molar-refractivity contribution in [2.24, 2.45) is 17.1 Å². The molecule has 1 atom stereocenters. The summed E-state index contributed by atoms with van der Waals surface area (Å²) in [7, 11) is -3.14. The smallest absolute Gasteiger partial charge is 0.216 e. The van der Waals surface area contributed by atoms with Crippen molar-refractivity contribution in [3.05, 3.63) is 0 Å². The predicted octanol–water partition coefficient (Wildman–Crippen LogP) is 2.34. The molecule has 2 rings (SSSR count). The second kappa shape index (κ2) is 5.25. The van der Waals surface area contributed by atoms with Gasteiger partial charge in [-0.15, -0.1) is 0 Å². The van der Waals surface area contributed by atoms with Gasteiger partial charge < -0.3 is 5.73 Å². The van der Waals surface area contributed by atoms with Gasteiger partial charge in [0, 0.05) is 12.6 Å². The lowest BCUT2D eigenvalue weighted by Crippen LogP contribution is -2.57. The molecule has 5 heteroatoms. The van der Waals surface area contributed by atoms with Gasteiger partial charge in [-0.1, -0.05) is 34.1 Å². The van der Waals surface area contributed by atoms with Crippen LogP contribution in [0.3, 0.4) is 0 Å². The van der Waals surface area contributed by atoms with Crippen molar-refractivity contribution in [3.8, 4) is 0 Å². The van der Waals surface area contributed by atoms with Gasteiger partial charge in [-0.2, -0.15) is 4.31 Å². The monoisotopic (exact) mass is 302 g/mol. The summed E-state index contributed by atoms with van der Waals surface area (Å²) in [6, 6.07) is -0.224. The van der Waals surface area contributed by atoms with Crippen molar-refractivity contribution < 1.29 is 8.42 Å². The van der Waals surface area contributed by atoms with E-state index >= 15 is 0 Å². The Balaban J connectivity index is 2.19. The predicted molar refractivity (Wildman–Crippen MR) is 82.9 cm³/mol. The molecule has 0 aromatic rings.